The number of nitrogens with zero attached hydrogens (tertiary/aromatic N) is 2. The molecule has 0 bridgehead atoms. The minimum Gasteiger partial charge on any atom is -0.493 e. The van der Waals surface area contributed by atoms with E-state index in [1.165, 1.54) is 11.4 Å². The van der Waals surface area contributed by atoms with Crippen molar-refractivity contribution in [2.45, 2.75) is 39.3 Å². The standard InChI is InChI=1S/C21H28N4O3S/c1-14-10-16(15(2)25(14)13-18-6-5-9-28-18)12-22-24-21(29)23-17-7-8-19(26-3)20(11-17)27-4/h7-8,10-12,18H,5-6,9,13H2,1-4H3,(H2,23,24,29)/b22-12-/t18-/m1/s1. The summed E-state index contributed by atoms with van der Waals surface area (Å²) in [4.78, 5) is 0. The van der Waals surface area contributed by atoms with Gasteiger partial charge in [-0.15, -0.1) is 0 Å². The van der Waals surface area contributed by atoms with E-state index in [9.17, 15) is 0 Å². The number of rotatable bonds is 7. The normalized spacial score (nSPS) is 16.2. The second-order valence-electron chi connectivity index (χ2n) is 6.97. The first-order valence-corrected chi connectivity index (χ1v) is 10.0. The van der Waals surface area contributed by atoms with Crippen LogP contribution in [0.4, 0.5) is 5.69 Å². The Kier molecular flexibility index (Phi) is 7.11. The first-order chi connectivity index (χ1) is 14.0. The zero-order valence-electron chi connectivity index (χ0n) is 17.3. The van der Waals surface area contributed by atoms with Gasteiger partial charge in [0.25, 0.3) is 0 Å². The van der Waals surface area contributed by atoms with Gasteiger partial charge in [0, 0.05) is 41.9 Å². The van der Waals surface area contributed by atoms with E-state index in [0.29, 0.717) is 22.7 Å². The summed E-state index contributed by atoms with van der Waals surface area (Å²) in [6.07, 6.45) is 4.36. The van der Waals surface area contributed by atoms with Crippen molar-refractivity contribution in [3.05, 3.63) is 41.2 Å². The van der Waals surface area contributed by atoms with E-state index in [1.54, 1.807) is 20.4 Å². The topological polar surface area (TPSA) is 69.0 Å². The van der Waals surface area contributed by atoms with Crippen molar-refractivity contribution in [2.75, 3.05) is 26.1 Å². The zero-order valence-corrected chi connectivity index (χ0v) is 18.1. The Labute approximate surface area is 177 Å². The summed E-state index contributed by atoms with van der Waals surface area (Å²) >= 11 is 5.32. The Bertz CT molecular complexity index is 888. The van der Waals surface area contributed by atoms with Crippen LogP contribution in [0.5, 0.6) is 11.5 Å². The molecule has 1 aromatic carbocycles. The Balaban J connectivity index is 1.59. The number of hydrogen-bond donors (Lipinski definition) is 2. The molecule has 0 radical (unpaired) electrons. The van der Waals surface area contributed by atoms with Crippen LogP contribution in [0.25, 0.3) is 0 Å². The summed E-state index contributed by atoms with van der Waals surface area (Å²) in [7, 11) is 3.20. The number of hydrogen-bond acceptors (Lipinski definition) is 5. The van der Waals surface area contributed by atoms with Gasteiger partial charge in [0.2, 0.25) is 0 Å². The molecule has 1 atom stereocenters. The molecule has 29 heavy (non-hydrogen) atoms. The molecule has 2 aromatic rings. The van der Waals surface area contributed by atoms with E-state index >= 15 is 0 Å². The van der Waals surface area contributed by atoms with Gasteiger partial charge in [-0.05, 0) is 57.1 Å². The van der Waals surface area contributed by atoms with E-state index in [2.05, 4.69) is 40.3 Å². The smallest absolute Gasteiger partial charge is 0.191 e. The molecule has 0 aliphatic carbocycles. The van der Waals surface area contributed by atoms with E-state index < -0.39 is 0 Å². The molecule has 1 fully saturated rings. The molecule has 1 aliphatic heterocycles. The summed E-state index contributed by atoms with van der Waals surface area (Å²) in [5.74, 6) is 1.29. The third-order valence-corrected chi connectivity index (χ3v) is 5.23. The number of aromatic nitrogens is 1. The van der Waals surface area contributed by atoms with E-state index in [0.717, 1.165) is 37.2 Å². The highest BCUT2D eigenvalue weighted by Crippen LogP contribution is 2.29. The number of aryl methyl sites for hydroxylation is 1. The maximum absolute atomic E-state index is 5.77. The van der Waals surface area contributed by atoms with Crippen LogP contribution in [-0.4, -0.2) is 42.8 Å². The number of thiocarbonyl (C=S) groups is 1. The lowest BCUT2D eigenvalue weighted by Gasteiger charge is -2.14. The van der Waals surface area contributed by atoms with Crippen LogP contribution in [0.15, 0.2) is 29.4 Å². The number of nitrogens with one attached hydrogen (secondary N) is 2. The van der Waals surface area contributed by atoms with Crippen LogP contribution >= 0.6 is 12.2 Å². The molecule has 7 nitrogen and oxygen atoms in total. The fourth-order valence-electron chi connectivity index (χ4n) is 3.46. The molecule has 0 unspecified atom stereocenters. The van der Waals surface area contributed by atoms with Gasteiger partial charge in [-0.25, -0.2) is 0 Å². The second kappa shape index (κ2) is 9.76. The number of anilines is 1. The first kappa shape index (κ1) is 21.1. The quantitative estimate of drug-likeness (QED) is 0.408. The van der Waals surface area contributed by atoms with Crippen molar-refractivity contribution in [1.29, 1.82) is 0 Å². The van der Waals surface area contributed by atoms with Gasteiger partial charge in [0.15, 0.2) is 16.6 Å². The highest BCUT2D eigenvalue weighted by atomic mass is 32.1. The highest BCUT2D eigenvalue weighted by molar-refractivity contribution is 7.80. The molecule has 1 saturated heterocycles. The molecule has 156 valence electrons. The largest absolute Gasteiger partial charge is 0.493 e. The van der Waals surface area contributed by atoms with Gasteiger partial charge in [-0.1, -0.05) is 0 Å². The van der Waals surface area contributed by atoms with E-state index in [-0.39, 0.29) is 0 Å². The van der Waals surface area contributed by atoms with Crippen LogP contribution in [0.3, 0.4) is 0 Å². The molecule has 0 spiro atoms. The minimum absolute atomic E-state index is 0.306. The number of benzene rings is 1. The fraction of sp³-hybridized carbons (Fsp3) is 0.429. The average molecular weight is 417 g/mol. The monoisotopic (exact) mass is 416 g/mol. The van der Waals surface area contributed by atoms with Crippen molar-refractivity contribution in [2.24, 2.45) is 5.10 Å². The van der Waals surface area contributed by atoms with Crippen LogP contribution in [-0.2, 0) is 11.3 Å². The Morgan fingerprint density at radius 3 is 2.76 bits per heavy atom. The Morgan fingerprint density at radius 1 is 1.28 bits per heavy atom. The number of methoxy groups -OCH3 is 2. The summed E-state index contributed by atoms with van der Waals surface area (Å²) in [5, 5.41) is 7.76. The van der Waals surface area contributed by atoms with Crippen molar-refractivity contribution in [3.8, 4) is 11.5 Å². The lowest BCUT2D eigenvalue weighted by molar-refractivity contribution is 0.0962. The van der Waals surface area contributed by atoms with Crippen molar-refractivity contribution in [1.82, 2.24) is 9.99 Å². The van der Waals surface area contributed by atoms with E-state index in [1.807, 2.05) is 18.2 Å². The molecule has 2 N–H and O–H groups in total. The average Bonchev–Trinajstić information content (AvgIpc) is 3.32. The van der Waals surface area contributed by atoms with Gasteiger partial charge in [0.05, 0.1) is 26.5 Å². The SMILES string of the molecule is COc1ccc(NC(=S)N/N=C\c2cc(C)n(C[C@H]3CCCO3)c2C)cc1OC. The zero-order chi connectivity index (χ0) is 20.8. The van der Waals surface area contributed by atoms with E-state index in [4.69, 9.17) is 26.4 Å². The molecule has 8 heteroatoms. The molecule has 1 aliphatic rings. The number of ether oxygens (including phenoxy) is 3. The second-order valence-corrected chi connectivity index (χ2v) is 7.37. The minimum atomic E-state index is 0.306. The van der Waals surface area contributed by atoms with Crippen LogP contribution < -0.4 is 20.2 Å². The van der Waals surface area contributed by atoms with Crippen LogP contribution in [0.2, 0.25) is 0 Å². The maximum Gasteiger partial charge on any atom is 0.191 e. The predicted molar refractivity (Wildman–Crippen MR) is 119 cm³/mol. The van der Waals surface area contributed by atoms with Gasteiger partial charge in [0.1, 0.15) is 0 Å². The highest BCUT2D eigenvalue weighted by Gasteiger charge is 2.18. The maximum atomic E-state index is 5.77. The molecular formula is C21H28N4O3S. The summed E-state index contributed by atoms with van der Waals surface area (Å²) in [6, 6.07) is 7.61. The van der Waals surface area contributed by atoms with Gasteiger partial charge in [-0.3, -0.25) is 5.43 Å². The van der Waals surface area contributed by atoms with Crippen molar-refractivity contribution in [3.63, 3.8) is 0 Å². The fourth-order valence-corrected chi connectivity index (χ4v) is 3.64. The summed E-state index contributed by atoms with van der Waals surface area (Å²) < 4.78 is 18.6. The van der Waals surface area contributed by atoms with Gasteiger partial charge >= 0.3 is 0 Å². The van der Waals surface area contributed by atoms with Gasteiger partial charge < -0.3 is 24.1 Å². The first-order valence-electron chi connectivity index (χ1n) is 9.62. The number of hydrazone groups is 1. The van der Waals surface area contributed by atoms with Crippen LogP contribution in [0, 0.1) is 13.8 Å². The van der Waals surface area contributed by atoms with Gasteiger partial charge in [-0.2, -0.15) is 5.10 Å². The lowest BCUT2D eigenvalue weighted by atomic mass is 10.2. The van der Waals surface area contributed by atoms with Crippen molar-refractivity contribution < 1.29 is 14.2 Å². The molecule has 0 saturated carbocycles. The molecule has 0 amide bonds. The lowest BCUT2D eigenvalue weighted by Crippen LogP contribution is -2.23. The third kappa shape index (κ3) is 5.27. The molecule has 2 heterocycles. The predicted octanol–water partition coefficient (Wildman–Crippen LogP) is 3.62. The Morgan fingerprint density at radius 2 is 2.07 bits per heavy atom. The van der Waals surface area contributed by atoms with Crippen molar-refractivity contribution >= 4 is 29.2 Å². The molecule has 3 rings (SSSR count). The molecular weight excluding hydrogens is 388 g/mol. The third-order valence-electron chi connectivity index (χ3n) is 5.03. The summed E-state index contributed by atoms with van der Waals surface area (Å²) in [5.41, 5.74) is 7.07. The van der Waals surface area contributed by atoms with Crippen LogP contribution in [0.1, 0.15) is 29.8 Å². The Hall–Kier alpha value is -2.58. The summed E-state index contributed by atoms with van der Waals surface area (Å²) in [6.45, 7) is 5.96. The molecule has 1 aromatic heterocycles.